The van der Waals surface area contributed by atoms with Crippen LogP contribution in [0.15, 0.2) is 53.5 Å². The topological polar surface area (TPSA) is 15.6 Å². The minimum Gasteiger partial charge on any atom is -0.309 e. The molecule has 0 N–H and O–H groups in total. The van der Waals surface area contributed by atoms with Crippen LogP contribution < -0.4 is 0 Å². The lowest BCUT2D eigenvalue weighted by molar-refractivity contribution is 0.403. The zero-order chi connectivity index (χ0) is 15.9. The summed E-state index contributed by atoms with van der Waals surface area (Å²) in [6.45, 7) is 6.26. The molecule has 0 heterocycles. The lowest BCUT2D eigenvalue weighted by Gasteiger charge is -2.14. The van der Waals surface area contributed by atoms with E-state index in [0.717, 1.165) is 25.2 Å². The van der Waals surface area contributed by atoms with Crippen molar-refractivity contribution in [3.05, 3.63) is 70.8 Å². The van der Waals surface area contributed by atoms with Crippen LogP contribution in [0.3, 0.4) is 0 Å². The second-order valence-corrected chi connectivity index (χ2v) is 6.02. The number of hydrogen-bond acceptors (Lipinski definition) is 2. The smallest absolute Gasteiger partial charge is 0.0724 e. The summed E-state index contributed by atoms with van der Waals surface area (Å²) < 4.78 is 0. The standard InChI is InChI=1S/C20H26N2.ClH/c1-16-10-8-11-17(2)19(16)20(18-12-6-5-7-13-18)21-14-9-15-22(3)4;/h5-8,10-13H,9,14-15H2,1-4H3;1H. The molecule has 124 valence electrons. The Morgan fingerprint density at radius 1 is 0.913 bits per heavy atom. The summed E-state index contributed by atoms with van der Waals surface area (Å²) >= 11 is 0. The fourth-order valence-corrected chi connectivity index (χ4v) is 2.68. The Hall–Kier alpha value is -1.64. The van der Waals surface area contributed by atoms with Gasteiger partial charge in [-0.15, -0.1) is 12.4 Å². The number of benzene rings is 2. The van der Waals surface area contributed by atoms with E-state index in [2.05, 4.69) is 81.4 Å². The van der Waals surface area contributed by atoms with E-state index in [9.17, 15) is 0 Å². The van der Waals surface area contributed by atoms with Crippen LogP contribution in [0.25, 0.3) is 0 Å². The lowest BCUT2D eigenvalue weighted by Crippen LogP contribution is -2.14. The van der Waals surface area contributed by atoms with Gasteiger partial charge in [0, 0.05) is 17.7 Å². The number of halogens is 1. The molecule has 23 heavy (non-hydrogen) atoms. The summed E-state index contributed by atoms with van der Waals surface area (Å²) in [7, 11) is 4.21. The molecular weight excluding hydrogens is 304 g/mol. The largest absolute Gasteiger partial charge is 0.309 e. The SMILES string of the molecule is Cc1cccc(C)c1C(=NCCCN(C)C)c1ccccc1.Cl. The van der Waals surface area contributed by atoms with Gasteiger partial charge in [0.2, 0.25) is 0 Å². The van der Waals surface area contributed by atoms with E-state index in [4.69, 9.17) is 4.99 Å². The highest BCUT2D eigenvalue weighted by atomic mass is 35.5. The van der Waals surface area contributed by atoms with Gasteiger partial charge in [0.15, 0.2) is 0 Å². The molecule has 0 saturated heterocycles. The van der Waals surface area contributed by atoms with Gasteiger partial charge in [-0.25, -0.2) is 0 Å². The van der Waals surface area contributed by atoms with Gasteiger partial charge in [0.05, 0.1) is 5.71 Å². The van der Waals surface area contributed by atoms with Gasteiger partial charge in [-0.1, -0.05) is 48.5 Å². The normalized spacial score (nSPS) is 11.4. The molecule has 0 aliphatic heterocycles. The highest BCUT2D eigenvalue weighted by Gasteiger charge is 2.11. The fourth-order valence-electron chi connectivity index (χ4n) is 2.68. The Morgan fingerprint density at radius 2 is 1.52 bits per heavy atom. The van der Waals surface area contributed by atoms with Crippen LogP contribution in [0.4, 0.5) is 0 Å². The summed E-state index contributed by atoms with van der Waals surface area (Å²) in [6.07, 6.45) is 1.08. The van der Waals surface area contributed by atoms with Gasteiger partial charge >= 0.3 is 0 Å². The molecule has 0 spiro atoms. The van der Waals surface area contributed by atoms with Gasteiger partial charge in [-0.3, -0.25) is 4.99 Å². The molecule has 0 aliphatic rings. The maximum Gasteiger partial charge on any atom is 0.0724 e. The van der Waals surface area contributed by atoms with Crippen LogP contribution >= 0.6 is 12.4 Å². The molecule has 0 amide bonds. The fraction of sp³-hybridized carbons (Fsp3) is 0.350. The van der Waals surface area contributed by atoms with Crippen LogP contribution in [0.5, 0.6) is 0 Å². The highest BCUT2D eigenvalue weighted by molar-refractivity contribution is 6.14. The van der Waals surface area contributed by atoms with Crippen molar-refractivity contribution in [3.63, 3.8) is 0 Å². The van der Waals surface area contributed by atoms with E-state index >= 15 is 0 Å². The number of aryl methyl sites for hydroxylation is 2. The molecule has 2 aromatic rings. The summed E-state index contributed by atoms with van der Waals surface area (Å²) in [5, 5.41) is 0. The van der Waals surface area contributed by atoms with Crippen molar-refractivity contribution < 1.29 is 0 Å². The minimum atomic E-state index is 0. The predicted octanol–water partition coefficient (Wildman–Crippen LogP) is 4.51. The van der Waals surface area contributed by atoms with Crippen molar-refractivity contribution in [1.29, 1.82) is 0 Å². The summed E-state index contributed by atoms with van der Waals surface area (Å²) in [5.41, 5.74) is 6.17. The van der Waals surface area contributed by atoms with E-state index in [1.807, 2.05) is 0 Å². The van der Waals surface area contributed by atoms with Crippen molar-refractivity contribution in [2.24, 2.45) is 4.99 Å². The Balaban J connectivity index is 0.00000264. The molecule has 0 aromatic heterocycles. The van der Waals surface area contributed by atoms with Crippen LogP contribution in [-0.2, 0) is 0 Å². The number of nitrogens with zero attached hydrogens (tertiary/aromatic N) is 2. The van der Waals surface area contributed by atoms with Gasteiger partial charge in [0.1, 0.15) is 0 Å². The maximum absolute atomic E-state index is 4.95. The Bertz CT molecular complexity index is 613. The van der Waals surface area contributed by atoms with Crippen molar-refractivity contribution in [1.82, 2.24) is 4.90 Å². The maximum atomic E-state index is 4.95. The van der Waals surface area contributed by atoms with E-state index < -0.39 is 0 Å². The van der Waals surface area contributed by atoms with Gasteiger partial charge < -0.3 is 4.90 Å². The van der Waals surface area contributed by atoms with Crippen molar-refractivity contribution in [3.8, 4) is 0 Å². The first kappa shape index (κ1) is 19.4. The number of rotatable bonds is 6. The zero-order valence-corrected chi connectivity index (χ0v) is 15.4. The lowest BCUT2D eigenvalue weighted by atomic mass is 9.94. The van der Waals surface area contributed by atoms with E-state index in [0.29, 0.717) is 0 Å². The molecule has 0 saturated carbocycles. The van der Waals surface area contributed by atoms with Crippen LogP contribution in [0, 0.1) is 13.8 Å². The number of aliphatic imine (C=N–C) groups is 1. The Labute approximate surface area is 146 Å². The monoisotopic (exact) mass is 330 g/mol. The third kappa shape index (κ3) is 5.49. The van der Waals surface area contributed by atoms with Gasteiger partial charge in [-0.2, -0.15) is 0 Å². The quantitative estimate of drug-likeness (QED) is 0.562. The van der Waals surface area contributed by atoms with E-state index in [1.165, 1.54) is 22.3 Å². The summed E-state index contributed by atoms with van der Waals surface area (Å²) in [5.74, 6) is 0. The molecule has 0 atom stereocenters. The Kier molecular flexibility index (Phi) is 8.01. The van der Waals surface area contributed by atoms with Crippen LogP contribution in [0.2, 0.25) is 0 Å². The van der Waals surface area contributed by atoms with Gasteiger partial charge in [-0.05, 0) is 52.0 Å². The first-order valence-electron chi connectivity index (χ1n) is 7.91. The molecule has 2 nitrogen and oxygen atoms in total. The van der Waals surface area contributed by atoms with Gasteiger partial charge in [0.25, 0.3) is 0 Å². The van der Waals surface area contributed by atoms with Crippen LogP contribution in [0.1, 0.15) is 28.7 Å². The molecule has 0 unspecified atom stereocenters. The van der Waals surface area contributed by atoms with Crippen molar-refractivity contribution in [2.75, 3.05) is 27.2 Å². The molecule has 0 fully saturated rings. The Morgan fingerprint density at radius 3 is 2.09 bits per heavy atom. The first-order valence-corrected chi connectivity index (χ1v) is 7.91. The minimum absolute atomic E-state index is 0. The molecule has 0 aliphatic carbocycles. The third-order valence-electron chi connectivity index (χ3n) is 3.80. The third-order valence-corrected chi connectivity index (χ3v) is 3.80. The zero-order valence-electron chi connectivity index (χ0n) is 14.5. The van der Waals surface area contributed by atoms with E-state index in [-0.39, 0.29) is 12.4 Å². The molecule has 2 aromatic carbocycles. The van der Waals surface area contributed by atoms with Crippen molar-refractivity contribution >= 4 is 18.1 Å². The highest BCUT2D eigenvalue weighted by Crippen LogP contribution is 2.19. The summed E-state index contributed by atoms with van der Waals surface area (Å²) in [6, 6.07) is 17.0. The average molecular weight is 331 g/mol. The first-order chi connectivity index (χ1) is 10.6. The molecular formula is C20H27ClN2. The average Bonchev–Trinajstić information content (AvgIpc) is 2.50. The second kappa shape index (κ2) is 9.49. The van der Waals surface area contributed by atoms with Crippen LogP contribution in [-0.4, -0.2) is 37.8 Å². The second-order valence-electron chi connectivity index (χ2n) is 6.02. The predicted molar refractivity (Wildman–Crippen MR) is 103 cm³/mol. The molecule has 3 heteroatoms. The molecule has 0 bridgehead atoms. The molecule has 2 rings (SSSR count). The number of hydrogen-bond donors (Lipinski definition) is 0. The van der Waals surface area contributed by atoms with Crippen molar-refractivity contribution in [2.45, 2.75) is 20.3 Å². The summed E-state index contributed by atoms with van der Waals surface area (Å²) in [4.78, 5) is 7.15. The molecule has 0 radical (unpaired) electrons. The van der Waals surface area contributed by atoms with E-state index in [1.54, 1.807) is 0 Å².